The number of hydrogen-bond acceptors (Lipinski definition) is 4. The maximum atomic E-state index is 11.6. The van der Waals surface area contributed by atoms with Gasteiger partial charge in [0, 0.05) is 19.5 Å². The number of ether oxygens (including phenoxy) is 2. The first kappa shape index (κ1) is 12.1. The Morgan fingerprint density at radius 2 is 2.24 bits per heavy atom. The average molecular weight is 235 g/mol. The topological polar surface area (TPSA) is 47.6 Å². The summed E-state index contributed by atoms with van der Waals surface area (Å²) in [5.74, 6) is -0.270. The maximum Gasteiger partial charge on any atom is 0.336 e. The standard InChI is InChI=1S/C13H17NO3/c15-13(12-10-14-7-9-16-12)17-8-6-11-4-2-1-3-5-11/h1-5,12,14H,6-10H2. The molecular weight excluding hydrogens is 218 g/mol. The summed E-state index contributed by atoms with van der Waals surface area (Å²) in [7, 11) is 0. The monoisotopic (exact) mass is 235 g/mol. The summed E-state index contributed by atoms with van der Waals surface area (Å²) >= 11 is 0. The molecule has 1 N–H and O–H groups in total. The predicted molar refractivity (Wildman–Crippen MR) is 63.7 cm³/mol. The van der Waals surface area contributed by atoms with Gasteiger partial charge in [-0.2, -0.15) is 0 Å². The highest BCUT2D eigenvalue weighted by Crippen LogP contribution is 2.02. The zero-order valence-corrected chi connectivity index (χ0v) is 9.72. The fraction of sp³-hybridized carbons (Fsp3) is 0.462. The van der Waals surface area contributed by atoms with Crippen LogP contribution >= 0.6 is 0 Å². The Morgan fingerprint density at radius 3 is 2.94 bits per heavy atom. The van der Waals surface area contributed by atoms with Crippen LogP contribution in [-0.4, -0.2) is 38.4 Å². The zero-order valence-electron chi connectivity index (χ0n) is 9.72. The van der Waals surface area contributed by atoms with Crippen LogP contribution in [0.5, 0.6) is 0 Å². The average Bonchev–Trinajstić information content (AvgIpc) is 2.41. The fourth-order valence-corrected chi connectivity index (χ4v) is 1.72. The number of rotatable bonds is 4. The van der Waals surface area contributed by atoms with Crippen LogP contribution in [0.25, 0.3) is 0 Å². The van der Waals surface area contributed by atoms with Gasteiger partial charge in [-0.15, -0.1) is 0 Å². The summed E-state index contributed by atoms with van der Waals surface area (Å²) in [5, 5.41) is 3.10. The quantitative estimate of drug-likeness (QED) is 0.783. The number of carbonyl (C=O) groups is 1. The van der Waals surface area contributed by atoms with Crippen molar-refractivity contribution < 1.29 is 14.3 Å². The fourth-order valence-electron chi connectivity index (χ4n) is 1.72. The molecular formula is C13H17NO3. The highest BCUT2D eigenvalue weighted by molar-refractivity contribution is 5.75. The molecule has 1 heterocycles. The third-order valence-electron chi connectivity index (χ3n) is 2.67. The number of morpholine rings is 1. The minimum atomic E-state index is -0.445. The van der Waals surface area contributed by atoms with E-state index in [1.807, 2.05) is 30.3 Å². The molecule has 1 atom stereocenters. The molecule has 0 bridgehead atoms. The van der Waals surface area contributed by atoms with Crippen molar-refractivity contribution in [3.63, 3.8) is 0 Å². The van der Waals surface area contributed by atoms with E-state index in [1.54, 1.807) is 0 Å². The van der Waals surface area contributed by atoms with Crippen molar-refractivity contribution >= 4 is 5.97 Å². The number of benzene rings is 1. The molecule has 4 nitrogen and oxygen atoms in total. The number of esters is 1. The van der Waals surface area contributed by atoms with Gasteiger partial charge >= 0.3 is 5.97 Å². The number of nitrogens with one attached hydrogen (secondary N) is 1. The first-order valence-corrected chi connectivity index (χ1v) is 5.89. The van der Waals surface area contributed by atoms with Gasteiger partial charge in [-0.25, -0.2) is 4.79 Å². The summed E-state index contributed by atoms with van der Waals surface area (Å²) < 4.78 is 10.5. The second kappa shape index (κ2) is 6.37. The second-order valence-electron chi connectivity index (χ2n) is 3.97. The third kappa shape index (κ3) is 3.84. The summed E-state index contributed by atoms with van der Waals surface area (Å²) in [6.07, 6.45) is 0.298. The van der Waals surface area contributed by atoms with Crippen molar-refractivity contribution in [1.82, 2.24) is 5.32 Å². The molecule has 1 unspecified atom stereocenters. The molecule has 0 saturated carbocycles. The number of hydrogen-bond donors (Lipinski definition) is 1. The van der Waals surface area contributed by atoms with Gasteiger partial charge in [0.25, 0.3) is 0 Å². The Kier molecular flexibility index (Phi) is 4.53. The molecule has 1 aliphatic rings. The molecule has 0 aromatic heterocycles. The van der Waals surface area contributed by atoms with Gasteiger partial charge in [0.05, 0.1) is 13.2 Å². The van der Waals surface area contributed by atoms with Crippen molar-refractivity contribution in [2.45, 2.75) is 12.5 Å². The molecule has 1 fully saturated rings. The van der Waals surface area contributed by atoms with Crippen LogP contribution in [0.15, 0.2) is 30.3 Å². The highest BCUT2D eigenvalue weighted by atomic mass is 16.6. The van der Waals surface area contributed by atoms with Crippen LogP contribution in [0.1, 0.15) is 5.56 Å². The van der Waals surface area contributed by atoms with E-state index < -0.39 is 6.10 Å². The first-order valence-electron chi connectivity index (χ1n) is 5.89. The van der Waals surface area contributed by atoms with E-state index >= 15 is 0 Å². The lowest BCUT2D eigenvalue weighted by atomic mass is 10.2. The lowest BCUT2D eigenvalue weighted by Gasteiger charge is -2.21. The van der Waals surface area contributed by atoms with E-state index in [1.165, 1.54) is 5.56 Å². The zero-order chi connectivity index (χ0) is 11.9. The van der Waals surface area contributed by atoms with Gasteiger partial charge in [-0.1, -0.05) is 30.3 Å². The van der Waals surface area contributed by atoms with E-state index in [0.29, 0.717) is 19.8 Å². The predicted octanol–water partition coefficient (Wildman–Crippen LogP) is 0.761. The number of carbonyl (C=O) groups excluding carboxylic acids is 1. The van der Waals surface area contributed by atoms with Crippen LogP contribution in [0.2, 0.25) is 0 Å². The minimum absolute atomic E-state index is 0.270. The van der Waals surface area contributed by atoms with Crippen LogP contribution in [0, 0.1) is 0 Å². The van der Waals surface area contributed by atoms with Gasteiger partial charge in [-0.05, 0) is 5.56 Å². The molecule has 0 radical (unpaired) electrons. The minimum Gasteiger partial charge on any atom is -0.463 e. The highest BCUT2D eigenvalue weighted by Gasteiger charge is 2.22. The molecule has 17 heavy (non-hydrogen) atoms. The Labute approximate surface area is 101 Å². The summed E-state index contributed by atoms with van der Waals surface area (Å²) in [6, 6.07) is 9.96. The molecule has 92 valence electrons. The van der Waals surface area contributed by atoms with Crippen molar-refractivity contribution in [3.8, 4) is 0 Å². The summed E-state index contributed by atoms with van der Waals surface area (Å²) in [6.45, 7) is 2.32. The Balaban J connectivity index is 1.69. The van der Waals surface area contributed by atoms with Gasteiger partial charge in [0.1, 0.15) is 0 Å². The SMILES string of the molecule is O=C(OCCc1ccccc1)C1CNCCO1. The van der Waals surface area contributed by atoms with E-state index in [9.17, 15) is 4.79 Å². The van der Waals surface area contributed by atoms with Gasteiger partial charge in [-0.3, -0.25) is 0 Å². The van der Waals surface area contributed by atoms with Crippen molar-refractivity contribution in [1.29, 1.82) is 0 Å². The molecule has 1 saturated heterocycles. The summed E-state index contributed by atoms with van der Waals surface area (Å²) in [5.41, 5.74) is 1.17. The van der Waals surface area contributed by atoms with Crippen LogP contribution in [0.3, 0.4) is 0 Å². The Bertz CT molecular complexity index is 347. The van der Waals surface area contributed by atoms with Crippen molar-refractivity contribution in [3.05, 3.63) is 35.9 Å². The molecule has 0 spiro atoms. The van der Waals surface area contributed by atoms with E-state index in [4.69, 9.17) is 9.47 Å². The lowest BCUT2D eigenvalue weighted by molar-refractivity contribution is -0.158. The summed E-state index contributed by atoms with van der Waals surface area (Å²) in [4.78, 5) is 11.6. The Hall–Kier alpha value is -1.39. The molecule has 4 heteroatoms. The molecule has 1 aromatic rings. The maximum absolute atomic E-state index is 11.6. The van der Waals surface area contributed by atoms with Gasteiger partial charge < -0.3 is 14.8 Å². The largest absolute Gasteiger partial charge is 0.463 e. The van der Waals surface area contributed by atoms with E-state index in [2.05, 4.69) is 5.32 Å². The van der Waals surface area contributed by atoms with Crippen LogP contribution in [0.4, 0.5) is 0 Å². The molecule has 1 aromatic carbocycles. The lowest BCUT2D eigenvalue weighted by Crippen LogP contribution is -2.43. The first-order chi connectivity index (χ1) is 8.36. The van der Waals surface area contributed by atoms with Crippen LogP contribution in [-0.2, 0) is 20.7 Å². The second-order valence-corrected chi connectivity index (χ2v) is 3.97. The van der Waals surface area contributed by atoms with E-state index in [0.717, 1.165) is 13.0 Å². The van der Waals surface area contributed by atoms with Crippen LogP contribution < -0.4 is 5.32 Å². The molecule has 1 aliphatic heterocycles. The molecule has 2 rings (SSSR count). The smallest absolute Gasteiger partial charge is 0.336 e. The molecule has 0 aliphatic carbocycles. The third-order valence-corrected chi connectivity index (χ3v) is 2.67. The normalized spacial score (nSPS) is 19.9. The molecule has 0 amide bonds. The van der Waals surface area contributed by atoms with Crippen molar-refractivity contribution in [2.75, 3.05) is 26.3 Å². The van der Waals surface area contributed by atoms with Crippen molar-refractivity contribution in [2.24, 2.45) is 0 Å². The van der Waals surface area contributed by atoms with E-state index in [-0.39, 0.29) is 5.97 Å². The van der Waals surface area contributed by atoms with Gasteiger partial charge in [0.15, 0.2) is 6.10 Å². The Morgan fingerprint density at radius 1 is 1.41 bits per heavy atom. The van der Waals surface area contributed by atoms with Gasteiger partial charge in [0.2, 0.25) is 0 Å².